The average molecular weight is 323 g/mol. The van der Waals surface area contributed by atoms with E-state index >= 15 is 0 Å². The number of benzene rings is 1. The Labute approximate surface area is 141 Å². The zero-order valence-corrected chi connectivity index (χ0v) is 14.0. The normalized spacial score (nSPS) is 21.3. The monoisotopic (exact) mass is 323 g/mol. The van der Waals surface area contributed by atoms with Crippen molar-refractivity contribution in [2.24, 2.45) is 0 Å². The minimum atomic E-state index is -0.345. The van der Waals surface area contributed by atoms with Crippen molar-refractivity contribution in [3.8, 4) is 0 Å². The summed E-state index contributed by atoms with van der Waals surface area (Å²) in [4.78, 5) is 11.1. The van der Waals surface area contributed by atoms with Crippen molar-refractivity contribution in [3.05, 3.63) is 54.0 Å². The Hall–Kier alpha value is -2.47. The number of ether oxygens (including phenoxy) is 1. The number of aromatic nitrogens is 4. The fourth-order valence-corrected chi connectivity index (χ4v) is 3.28. The highest BCUT2D eigenvalue weighted by Gasteiger charge is 2.34. The first-order valence-electron chi connectivity index (χ1n) is 8.34. The highest BCUT2D eigenvalue weighted by Crippen LogP contribution is 2.31. The van der Waals surface area contributed by atoms with Gasteiger partial charge in [-0.25, -0.2) is 4.98 Å². The Morgan fingerprint density at radius 3 is 2.88 bits per heavy atom. The molecule has 0 spiro atoms. The summed E-state index contributed by atoms with van der Waals surface area (Å²) in [5.74, 6) is 1.68. The lowest BCUT2D eigenvalue weighted by Gasteiger charge is -2.41. The van der Waals surface area contributed by atoms with Gasteiger partial charge in [0.1, 0.15) is 17.7 Å². The van der Waals surface area contributed by atoms with Crippen molar-refractivity contribution in [2.45, 2.75) is 25.9 Å². The molecule has 1 aromatic carbocycles. The molecule has 1 fully saturated rings. The molecular formula is C18H21N5O. The van der Waals surface area contributed by atoms with E-state index in [-0.39, 0.29) is 5.60 Å². The molecule has 0 N–H and O–H groups in total. The molecule has 6 nitrogen and oxygen atoms in total. The van der Waals surface area contributed by atoms with Crippen molar-refractivity contribution in [1.82, 2.24) is 19.6 Å². The highest BCUT2D eigenvalue weighted by molar-refractivity contribution is 5.48. The predicted octanol–water partition coefficient (Wildman–Crippen LogP) is 2.44. The summed E-state index contributed by atoms with van der Waals surface area (Å²) < 4.78 is 7.97. The van der Waals surface area contributed by atoms with Crippen molar-refractivity contribution >= 4 is 11.6 Å². The van der Waals surface area contributed by atoms with Gasteiger partial charge in [-0.15, -0.1) is 0 Å². The first-order valence-corrected chi connectivity index (χ1v) is 8.34. The first-order chi connectivity index (χ1) is 11.7. The fourth-order valence-electron chi connectivity index (χ4n) is 3.28. The third-order valence-electron chi connectivity index (χ3n) is 4.63. The summed E-state index contributed by atoms with van der Waals surface area (Å²) in [5, 5.41) is 4.35. The minimum Gasteiger partial charge on any atom is -0.367 e. The zero-order valence-electron chi connectivity index (χ0n) is 14.0. The number of rotatable bonds is 3. The van der Waals surface area contributed by atoms with Crippen LogP contribution in [0.2, 0.25) is 0 Å². The molecule has 3 heterocycles. The summed E-state index contributed by atoms with van der Waals surface area (Å²) in [6.07, 6.45) is 2.43. The van der Waals surface area contributed by atoms with Crippen molar-refractivity contribution in [1.29, 1.82) is 0 Å². The van der Waals surface area contributed by atoms with E-state index in [1.165, 1.54) is 5.56 Å². The molecule has 0 radical (unpaired) electrons. The van der Waals surface area contributed by atoms with Crippen LogP contribution < -0.4 is 4.90 Å². The SMILES string of the molecule is CCc1cc(N2CCOC(C)(c3ccccc3)C2)n2ncnc2n1. The topological polar surface area (TPSA) is 55.6 Å². The summed E-state index contributed by atoms with van der Waals surface area (Å²) in [6, 6.07) is 12.5. The van der Waals surface area contributed by atoms with Gasteiger partial charge in [-0.1, -0.05) is 37.3 Å². The molecule has 2 aromatic heterocycles. The number of fused-ring (bicyclic) bond motifs is 1. The van der Waals surface area contributed by atoms with Crippen LogP contribution in [0.1, 0.15) is 25.1 Å². The first kappa shape index (κ1) is 15.1. The Kier molecular flexibility index (Phi) is 3.69. The van der Waals surface area contributed by atoms with Crippen LogP contribution in [0.15, 0.2) is 42.7 Å². The third kappa shape index (κ3) is 2.53. The fraction of sp³-hybridized carbons (Fsp3) is 0.389. The van der Waals surface area contributed by atoms with Crippen LogP contribution in [0.3, 0.4) is 0 Å². The molecule has 24 heavy (non-hydrogen) atoms. The molecule has 4 rings (SSSR count). The van der Waals surface area contributed by atoms with Gasteiger partial charge in [0.05, 0.1) is 13.2 Å². The van der Waals surface area contributed by atoms with Crippen LogP contribution in [-0.2, 0) is 16.8 Å². The quantitative estimate of drug-likeness (QED) is 0.741. The third-order valence-corrected chi connectivity index (χ3v) is 4.63. The van der Waals surface area contributed by atoms with Crippen LogP contribution in [-0.4, -0.2) is 39.3 Å². The number of morpholine rings is 1. The van der Waals surface area contributed by atoms with Crippen molar-refractivity contribution < 1.29 is 4.74 Å². The second-order valence-corrected chi connectivity index (χ2v) is 6.30. The van der Waals surface area contributed by atoms with E-state index in [0.29, 0.717) is 12.4 Å². The van der Waals surface area contributed by atoms with Gasteiger partial charge in [0.15, 0.2) is 0 Å². The lowest BCUT2D eigenvalue weighted by Crippen LogP contribution is -2.49. The number of hydrogen-bond donors (Lipinski definition) is 0. The van der Waals surface area contributed by atoms with Gasteiger partial charge >= 0.3 is 0 Å². The molecular weight excluding hydrogens is 302 g/mol. The Morgan fingerprint density at radius 1 is 1.25 bits per heavy atom. The molecule has 0 amide bonds. The number of hydrogen-bond acceptors (Lipinski definition) is 5. The smallest absolute Gasteiger partial charge is 0.254 e. The van der Waals surface area contributed by atoms with Gasteiger partial charge < -0.3 is 9.64 Å². The molecule has 6 heteroatoms. The van der Waals surface area contributed by atoms with Crippen LogP contribution in [0, 0.1) is 0 Å². The second kappa shape index (κ2) is 5.87. The molecule has 1 aliphatic heterocycles. The van der Waals surface area contributed by atoms with Crippen LogP contribution >= 0.6 is 0 Å². The van der Waals surface area contributed by atoms with E-state index in [4.69, 9.17) is 4.74 Å². The molecule has 1 unspecified atom stereocenters. The molecule has 3 aromatic rings. The van der Waals surface area contributed by atoms with Gasteiger partial charge in [-0.2, -0.15) is 14.6 Å². The van der Waals surface area contributed by atoms with Crippen LogP contribution in [0.25, 0.3) is 5.78 Å². The van der Waals surface area contributed by atoms with E-state index in [2.05, 4.69) is 64.1 Å². The largest absolute Gasteiger partial charge is 0.367 e. The zero-order chi connectivity index (χ0) is 16.6. The molecule has 1 atom stereocenters. The van der Waals surface area contributed by atoms with Crippen molar-refractivity contribution in [3.63, 3.8) is 0 Å². The maximum absolute atomic E-state index is 6.15. The number of nitrogens with zero attached hydrogens (tertiary/aromatic N) is 5. The predicted molar refractivity (Wildman–Crippen MR) is 92.1 cm³/mol. The summed E-state index contributed by atoms with van der Waals surface area (Å²) in [5.41, 5.74) is 1.87. The van der Waals surface area contributed by atoms with Gasteiger partial charge in [-0.05, 0) is 18.9 Å². The minimum absolute atomic E-state index is 0.345. The summed E-state index contributed by atoms with van der Waals surface area (Å²) in [6.45, 7) is 6.51. The van der Waals surface area contributed by atoms with E-state index in [1.54, 1.807) is 6.33 Å². The molecule has 1 saturated heterocycles. The maximum atomic E-state index is 6.15. The second-order valence-electron chi connectivity index (χ2n) is 6.30. The molecule has 124 valence electrons. The summed E-state index contributed by atoms with van der Waals surface area (Å²) in [7, 11) is 0. The van der Waals surface area contributed by atoms with Crippen LogP contribution in [0.4, 0.5) is 5.82 Å². The highest BCUT2D eigenvalue weighted by atomic mass is 16.5. The van der Waals surface area contributed by atoms with Gasteiger partial charge in [0.2, 0.25) is 0 Å². The van der Waals surface area contributed by atoms with Gasteiger partial charge in [0, 0.05) is 18.3 Å². The maximum Gasteiger partial charge on any atom is 0.254 e. The Bertz CT molecular complexity index is 847. The molecule has 0 aliphatic carbocycles. The molecule has 1 aliphatic rings. The van der Waals surface area contributed by atoms with E-state index < -0.39 is 0 Å². The lowest BCUT2D eigenvalue weighted by molar-refractivity contribution is -0.0469. The van der Waals surface area contributed by atoms with E-state index in [0.717, 1.165) is 31.0 Å². The van der Waals surface area contributed by atoms with Gasteiger partial charge in [-0.3, -0.25) is 0 Å². The number of anilines is 1. The molecule has 0 saturated carbocycles. The van der Waals surface area contributed by atoms with E-state index in [9.17, 15) is 0 Å². The van der Waals surface area contributed by atoms with Gasteiger partial charge in [0.25, 0.3) is 5.78 Å². The lowest BCUT2D eigenvalue weighted by atomic mass is 9.94. The Morgan fingerprint density at radius 2 is 2.08 bits per heavy atom. The average Bonchev–Trinajstić information content (AvgIpc) is 3.10. The Balaban J connectivity index is 1.73. The molecule has 0 bridgehead atoms. The van der Waals surface area contributed by atoms with E-state index in [1.807, 2.05) is 10.6 Å². The number of aryl methyl sites for hydroxylation is 1. The standard InChI is InChI=1S/C18H21N5O/c1-3-15-11-16(23-17(21-15)19-13-20-23)22-9-10-24-18(2,12-22)14-7-5-4-6-8-14/h4-8,11,13H,3,9-10,12H2,1-2H3. The van der Waals surface area contributed by atoms with Crippen LogP contribution in [0.5, 0.6) is 0 Å². The van der Waals surface area contributed by atoms with Crippen molar-refractivity contribution in [2.75, 3.05) is 24.6 Å². The summed E-state index contributed by atoms with van der Waals surface area (Å²) >= 11 is 0.